The van der Waals surface area contributed by atoms with Gasteiger partial charge in [0, 0.05) is 6.42 Å². The largest absolute Gasteiger partial charge is 0.246 e. The number of hydrogen-bond donors (Lipinski definition) is 0. The lowest BCUT2D eigenvalue weighted by Crippen LogP contribution is -2.26. The van der Waals surface area contributed by atoms with Gasteiger partial charge in [-0.3, -0.25) is 0 Å². The Labute approximate surface area is 79.9 Å². The van der Waals surface area contributed by atoms with Crippen LogP contribution in [0.2, 0.25) is 0 Å². The highest BCUT2D eigenvalue weighted by Crippen LogP contribution is 2.27. The fourth-order valence-electron chi connectivity index (χ4n) is 1.63. The number of fused-ring (bicyclic) bond motifs is 1. The molecule has 0 aliphatic heterocycles. The highest BCUT2D eigenvalue weighted by Gasteiger charge is 2.25. The first-order valence-corrected chi connectivity index (χ1v) is 5.04. The van der Waals surface area contributed by atoms with Gasteiger partial charge in [0.2, 0.25) is 0 Å². The van der Waals surface area contributed by atoms with E-state index in [1.165, 1.54) is 11.1 Å². The summed E-state index contributed by atoms with van der Waals surface area (Å²) in [5.74, 6) is 0. The van der Waals surface area contributed by atoms with Crippen LogP contribution in [-0.4, -0.2) is 11.0 Å². The molecule has 1 aromatic rings. The molecule has 1 aliphatic carbocycles. The van der Waals surface area contributed by atoms with E-state index in [-0.39, 0.29) is 4.83 Å². The van der Waals surface area contributed by atoms with Gasteiger partial charge < -0.3 is 0 Å². The van der Waals surface area contributed by atoms with E-state index in [4.69, 9.17) is 0 Å². The second-order valence-electron chi connectivity index (χ2n) is 3.21. The molecule has 1 aliphatic rings. The van der Waals surface area contributed by atoms with Crippen LogP contribution in [0.25, 0.3) is 0 Å². The normalized spacial score (nSPS) is 28.2. The van der Waals surface area contributed by atoms with Gasteiger partial charge >= 0.3 is 0 Å². The van der Waals surface area contributed by atoms with Crippen LogP contribution in [0, 0.1) is 0 Å². The van der Waals surface area contributed by atoms with Crippen LogP contribution in [0.5, 0.6) is 0 Å². The third kappa shape index (κ3) is 1.40. The summed E-state index contributed by atoms with van der Waals surface area (Å²) in [4.78, 5) is 0.00685. The Morgan fingerprint density at radius 3 is 2.42 bits per heavy atom. The zero-order valence-electron chi connectivity index (χ0n) is 6.63. The fourth-order valence-corrected chi connectivity index (χ4v) is 2.17. The first kappa shape index (κ1) is 8.24. The minimum atomic E-state index is -0.722. The zero-order chi connectivity index (χ0) is 8.55. The van der Waals surface area contributed by atoms with E-state index in [1.54, 1.807) is 0 Å². The maximum Gasteiger partial charge on any atom is 0.117 e. The molecular formula is C10H10BrF. The highest BCUT2D eigenvalue weighted by atomic mass is 79.9. The Hall–Kier alpha value is -0.370. The SMILES string of the molecule is F[C@@H]1Cc2ccccc2C[C@H]1Br. The van der Waals surface area contributed by atoms with E-state index in [2.05, 4.69) is 22.0 Å². The minimum absolute atomic E-state index is 0.00685. The lowest BCUT2D eigenvalue weighted by atomic mass is 9.91. The molecule has 0 saturated carbocycles. The van der Waals surface area contributed by atoms with Crippen molar-refractivity contribution < 1.29 is 4.39 Å². The van der Waals surface area contributed by atoms with Crippen molar-refractivity contribution in [2.75, 3.05) is 0 Å². The third-order valence-electron chi connectivity index (χ3n) is 2.34. The lowest BCUT2D eigenvalue weighted by Gasteiger charge is -2.23. The number of hydrogen-bond acceptors (Lipinski definition) is 0. The minimum Gasteiger partial charge on any atom is -0.246 e. The summed E-state index contributed by atoms with van der Waals surface area (Å²) in [5, 5.41) is 0. The predicted molar refractivity (Wildman–Crippen MR) is 51.5 cm³/mol. The highest BCUT2D eigenvalue weighted by molar-refractivity contribution is 9.09. The molecule has 1 aromatic carbocycles. The first-order chi connectivity index (χ1) is 5.77. The van der Waals surface area contributed by atoms with Gasteiger partial charge in [-0.15, -0.1) is 0 Å². The zero-order valence-corrected chi connectivity index (χ0v) is 8.22. The molecular weight excluding hydrogens is 219 g/mol. The molecule has 2 heteroatoms. The van der Waals surface area contributed by atoms with Crippen LogP contribution >= 0.6 is 15.9 Å². The van der Waals surface area contributed by atoms with Crippen LogP contribution in [0.4, 0.5) is 4.39 Å². The van der Waals surface area contributed by atoms with E-state index in [0.29, 0.717) is 6.42 Å². The molecule has 0 saturated heterocycles. The van der Waals surface area contributed by atoms with Gasteiger partial charge in [-0.05, 0) is 17.5 Å². The molecule has 12 heavy (non-hydrogen) atoms. The molecule has 0 nitrogen and oxygen atoms in total. The van der Waals surface area contributed by atoms with Crippen molar-refractivity contribution in [3.63, 3.8) is 0 Å². The number of benzene rings is 1. The van der Waals surface area contributed by atoms with Gasteiger partial charge in [-0.25, -0.2) is 4.39 Å². The van der Waals surface area contributed by atoms with Gasteiger partial charge in [0.1, 0.15) is 6.17 Å². The number of halogens is 2. The topological polar surface area (TPSA) is 0 Å². The summed E-state index contributed by atoms with van der Waals surface area (Å²) in [5.41, 5.74) is 2.45. The first-order valence-electron chi connectivity index (χ1n) is 4.12. The average Bonchev–Trinajstić information content (AvgIpc) is 2.07. The second kappa shape index (κ2) is 3.17. The maximum absolute atomic E-state index is 13.2. The van der Waals surface area contributed by atoms with Gasteiger partial charge in [-0.1, -0.05) is 40.2 Å². The molecule has 0 bridgehead atoms. The quantitative estimate of drug-likeness (QED) is 0.600. The van der Waals surface area contributed by atoms with Crippen molar-refractivity contribution in [2.24, 2.45) is 0 Å². The maximum atomic E-state index is 13.2. The van der Waals surface area contributed by atoms with Gasteiger partial charge in [0.05, 0.1) is 4.83 Å². The smallest absolute Gasteiger partial charge is 0.117 e. The van der Waals surface area contributed by atoms with Crippen molar-refractivity contribution in [2.45, 2.75) is 23.8 Å². The van der Waals surface area contributed by atoms with Gasteiger partial charge in [0.25, 0.3) is 0 Å². The molecule has 0 aromatic heterocycles. The monoisotopic (exact) mass is 228 g/mol. The Kier molecular flexibility index (Phi) is 2.18. The molecule has 0 heterocycles. The number of alkyl halides is 2. The second-order valence-corrected chi connectivity index (χ2v) is 4.39. The third-order valence-corrected chi connectivity index (χ3v) is 3.24. The molecule has 0 radical (unpaired) electrons. The summed E-state index contributed by atoms with van der Waals surface area (Å²) in [7, 11) is 0. The molecule has 64 valence electrons. The summed E-state index contributed by atoms with van der Waals surface area (Å²) in [6, 6.07) is 8.08. The van der Waals surface area contributed by atoms with Crippen molar-refractivity contribution in [3.8, 4) is 0 Å². The summed E-state index contributed by atoms with van der Waals surface area (Å²) >= 11 is 3.35. The van der Waals surface area contributed by atoms with E-state index in [9.17, 15) is 4.39 Å². The van der Waals surface area contributed by atoms with Crippen molar-refractivity contribution in [1.29, 1.82) is 0 Å². The molecule has 0 spiro atoms. The van der Waals surface area contributed by atoms with Crippen molar-refractivity contribution >= 4 is 15.9 Å². The van der Waals surface area contributed by atoms with Gasteiger partial charge in [-0.2, -0.15) is 0 Å². The van der Waals surface area contributed by atoms with Crippen LogP contribution in [-0.2, 0) is 12.8 Å². The van der Waals surface area contributed by atoms with E-state index >= 15 is 0 Å². The molecule has 2 rings (SSSR count). The Bertz CT molecular complexity index is 256. The Morgan fingerprint density at radius 1 is 1.17 bits per heavy atom. The Balaban J connectivity index is 2.34. The van der Waals surface area contributed by atoms with Crippen LogP contribution in [0.15, 0.2) is 24.3 Å². The lowest BCUT2D eigenvalue weighted by molar-refractivity contribution is 0.313. The average molecular weight is 229 g/mol. The van der Waals surface area contributed by atoms with Crippen molar-refractivity contribution in [3.05, 3.63) is 35.4 Å². The van der Waals surface area contributed by atoms with E-state index in [0.717, 1.165) is 6.42 Å². The molecule has 0 amide bonds. The molecule has 0 fully saturated rings. The van der Waals surface area contributed by atoms with Crippen LogP contribution < -0.4 is 0 Å². The van der Waals surface area contributed by atoms with Crippen LogP contribution in [0.3, 0.4) is 0 Å². The van der Waals surface area contributed by atoms with E-state index in [1.807, 2.05) is 18.2 Å². The Morgan fingerprint density at radius 2 is 1.75 bits per heavy atom. The molecule has 2 atom stereocenters. The standard InChI is InChI=1S/C10H10BrF/c11-9-5-7-3-1-2-4-8(7)6-10(9)12/h1-4,9-10H,5-6H2/t9-,10-/m1/s1. The summed E-state index contributed by atoms with van der Waals surface area (Å²) in [6.07, 6.45) is 0.656. The van der Waals surface area contributed by atoms with E-state index < -0.39 is 6.17 Å². The fraction of sp³-hybridized carbons (Fsp3) is 0.400. The van der Waals surface area contributed by atoms with Crippen molar-refractivity contribution in [1.82, 2.24) is 0 Å². The molecule has 0 unspecified atom stereocenters. The van der Waals surface area contributed by atoms with Crippen LogP contribution in [0.1, 0.15) is 11.1 Å². The van der Waals surface area contributed by atoms with Gasteiger partial charge in [0.15, 0.2) is 0 Å². The number of rotatable bonds is 0. The predicted octanol–water partition coefficient (Wildman–Crippen LogP) is 2.89. The summed E-state index contributed by atoms with van der Waals surface area (Å²) in [6.45, 7) is 0. The molecule has 0 N–H and O–H groups in total. The summed E-state index contributed by atoms with van der Waals surface area (Å²) < 4.78 is 13.2.